The molecule has 0 aromatic heterocycles. The first-order valence-corrected chi connectivity index (χ1v) is 9.92. The van der Waals surface area contributed by atoms with Gasteiger partial charge in [-0.05, 0) is 29.3 Å². The van der Waals surface area contributed by atoms with E-state index in [4.69, 9.17) is 0 Å². The zero-order valence-corrected chi connectivity index (χ0v) is 16.5. The van der Waals surface area contributed by atoms with Gasteiger partial charge >= 0.3 is 0 Å². The van der Waals surface area contributed by atoms with Crippen LogP contribution >= 0.6 is 0 Å². The average molecular weight is 403 g/mol. The normalized spacial score (nSPS) is 12.1. The van der Waals surface area contributed by atoms with Gasteiger partial charge in [-0.3, -0.25) is 14.4 Å². The van der Waals surface area contributed by atoms with Crippen molar-refractivity contribution in [3.05, 3.63) is 125 Å². The van der Waals surface area contributed by atoms with Crippen molar-refractivity contribution in [1.29, 1.82) is 0 Å². The predicted molar refractivity (Wildman–Crippen MR) is 120 cm³/mol. The highest BCUT2D eigenvalue weighted by molar-refractivity contribution is 6.32. The number of rotatable bonds is 3. The summed E-state index contributed by atoms with van der Waals surface area (Å²) in [4.78, 5) is 39.7. The molecule has 4 aromatic rings. The van der Waals surface area contributed by atoms with E-state index in [1.165, 1.54) is 0 Å². The van der Waals surface area contributed by atoms with Gasteiger partial charge in [0.1, 0.15) is 0 Å². The van der Waals surface area contributed by atoms with Crippen LogP contribution in [-0.2, 0) is 0 Å². The molecule has 1 aliphatic carbocycles. The van der Waals surface area contributed by atoms with E-state index >= 15 is 0 Å². The number of benzene rings is 4. The first-order chi connectivity index (χ1) is 15.1. The van der Waals surface area contributed by atoms with Crippen molar-refractivity contribution in [1.82, 2.24) is 0 Å². The van der Waals surface area contributed by atoms with Gasteiger partial charge in [0, 0.05) is 22.3 Å². The summed E-state index contributed by atoms with van der Waals surface area (Å²) in [6.45, 7) is 0. The van der Waals surface area contributed by atoms with Gasteiger partial charge in [-0.15, -0.1) is 0 Å². The molecule has 0 atom stereocenters. The monoisotopic (exact) mass is 403 g/mol. The number of carbonyl (C=O) groups excluding carboxylic acids is 3. The standard InChI is InChI=1S/C27H17NO3/c29-25-20-13-7-8-14-21(20)26(30)24-22(28-27(31)18-11-5-2-6-12-18)16-15-19(23(24)25)17-9-3-1-4-10-17/h1-16H,(H,28,31). The highest BCUT2D eigenvalue weighted by Crippen LogP contribution is 2.38. The Morgan fingerprint density at radius 2 is 1.10 bits per heavy atom. The maximum Gasteiger partial charge on any atom is 0.255 e. The molecular formula is C27H17NO3. The SMILES string of the molecule is O=C(Nc1ccc(-c2ccccc2)c2c1C(=O)c1ccccc1C2=O)c1ccccc1. The fourth-order valence-electron chi connectivity index (χ4n) is 3.97. The van der Waals surface area contributed by atoms with E-state index in [-0.39, 0.29) is 23.0 Å². The van der Waals surface area contributed by atoms with Crippen LogP contribution in [0.3, 0.4) is 0 Å². The molecule has 31 heavy (non-hydrogen) atoms. The molecule has 1 amide bonds. The van der Waals surface area contributed by atoms with Crippen molar-refractivity contribution in [3.63, 3.8) is 0 Å². The van der Waals surface area contributed by atoms with E-state index in [0.29, 0.717) is 33.5 Å². The van der Waals surface area contributed by atoms with Crippen molar-refractivity contribution in [2.75, 3.05) is 5.32 Å². The molecule has 0 bridgehead atoms. The van der Waals surface area contributed by atoms with Crippen molar-refractivity contribution in [2.45, 2.75) is 0 Å². The predicted octanol–water partition coefficient (Wildman–Crippen LogP) is 5.38. The molecule has 1 N–H and O–H groups in total. The van der Waals surface area contributed by atoms with Crippen molar-refractivity contribution < 1.29 is 14.4 Å². The summed E-state index contributed by atoms with van der Waals surface area (Å²) in [5.41, 5.74) is 3.58. The van der Waals surface area contributed by atoms with Crippen LogP contribution in [0.4, 0.5) is 5.69 Å². The van der Waals surface area contributed by atoms with Crippen LogP contribution in [0.1, 0.15) is 42.2 Å². The molecule has 0 saturated carbocycles. The quantitative estimate of drug-likeness (QED) is 0.440. The van der Waals surface area contributed by atoms with Crippen LogP contribution in [-0.4, -0.2) is 17.5 Å². The molecular weight excluding hydrogens is 386 g/mol. The Balaban J connectivity index is 1.71. The molecule has 4 nitrogen and oxygen atoms in total. The van der Waals surface area contributed by atoms with Gasteiger partial charge in [0.15, 0.2) is 11.6 Å². The topological polar surface area (TPSA) is 63.2 Å². The zero-order chi connectivity index (χ0) is 21.4. The summed E-state index contributed by atoms with van der Waals surface area (Å²) >= 11 is 0. The fraction of sp³-hybridized carbons (Fsp3) is 0. The molecule has 4 heteroatoms. The summed E-state index contributed by atoms with van der Waals surface area (Å²) in [6.07, 6.45) is 0. The van der Waals surface area contributed by atoms with Crippen molar-refractivity contribution in [2.24, 2.45) is 0 Å². The first-order valence-electron chi connectivity index (χ1n) is 9.92. The second-order valence-corrected chi connectivity index (χ2v) is 7.30. The van der Waals surface area contributed by atoms with Crippen LogP contribution in [0, 0.1) is 0 Å². The Morgan fingerprint density at radius 3 is 1.74 bits per heavy atom. The zero-order valence-electron chi connectivity index (χ0n) is 16.5. The Labute approximate surface area is 179 Å². The minimum atomic E-state index is -0.339. The second-order valence-electron chi connectivity index (χ2n) is 7.30. The summed E-state index contributed by atoms with van der Waals surface area (Å²) in [6, 6.07) is 28.5. The highest BCUT2D eigenvalue weighted by atomic mass is 16.2. The lowest BCUT2D eigenvalue weighted by Gasteiger charge is -2.23. The minimum absolute atomic E-state index is 0.222. The van der Waals surface area contributed by atoms with E-state index in [9.17, 15) is 14.4 Å². The number of carbonyl (C=O) groups is 3. The third-order valence-corrected chi connectivity index (χ3v) is 5.44. The van der Waals surface area contributed by atoms with Gasteiger partial charge in [0.25, 0.3) is 5.91 Å². The third-order valence-electron chi connectivity index (χ3n) is 5.44. The van der Waals surface area contributed by atoms with E-state index in [1.54, 1.807) is 60.7 Å². The molecule has 5 rings (SSSR count). The van der Waals surface area contributed by atoms with Crippen molar-refractivity contribution >= 4 is 23.2 Å². The van der Waals surface area contributed by atoms with Crippen LogP contribution in [0.2, 0.25) is 0 Å². The summed E-state index contributed by atoms with van der Waals surface area (Å²) in [7, 11) is 0. The second kappa shape index (κ2) is 7.50. The summed E-state index contributed by atoms with van der Waals surface area (Å²) in [5, 5.41) is 2.83. The van der Waals surface area contributed by atoms with E-state index in [2.05, 4.69) is 5.32 Å². The van der Waals surface area contributed by atoms with Gasteiger partial charge in [-0.1, -0.05) is 78.9 Å². The van der Waals surface area contributed by atoms with Crippen LogP contribution in [0.25, 0.3) is 11.1 Å². The lowest BCUT2D eigenvalue weighted by Crippen LogP contribution is -2.24. The Hall–Kier alpha value is -4.31. The summed E-state index contributed by atoms with van der Waals surface area (Å²) < 4.78 is 0. The molecule has 148 valence electrons. The highest BCUT2D eigenvalue weighted by Gasteiger charge is 2.34. The lowest BCUT2D eigenvalue weighted by molar-refractivity contribution is 0.0979. The van der Waals surface area contributed by atoms with E-state index in [1.807, 2.05) is 36.4 Å². The molecule has 0 radical (unpaired) electrons. The Kier molecular flexibility index (Phi) is 4.53. The lowest BCUT2D eigenvalue weighted by atomic mass is 9.79. The Morgan fingerprint density at radius 1 is 0.548 bits per heavy atom. The molecule has 0 heterocycles. The van der Waals surface area contributed by atoms with Gasteiger partial charge in [0.05, 0.1) is 11.3 Å². The Bertz CT molecular complexity index is 1340. The molecule has 0 spiro atoms. The minimum Gasteiger partial charge on any atom is -0.321 e. The van der Waals surface area contributed by atoms with Crippen molar-refractivity contribution in [3.8, 4) is 11.1 Å². The van der Waals surface area contributed by atoms with Crippen LogP contribution in [0.15, 0.2) is 97.1 Å². The van der Waals surface area contributed by atoms with Gasteiger partial charge < -0.3 is 5.32 Å². The first kappa shape index (κ1) is 18.7. The smallest absolute Gasteiger partial charge is 0.255 e. The maximum atomic E-state index is 13.5. The maximum absolute atomic E-state index is 13.5. The van der Waals surface area contributed by atoms with Gasteiger partial charge in [0.2, 0.25) is 0 Å². The van der Waals surface area contributed by atoms with E-state index < -0.39 is 0 Å². The number of amides is 1. The van der Waals surface area contributed by atoms with Gasteiger partial charge in [-0.25, -0.2) is 0 Å². The number of hydrogen-bond acceptors (Lipinski definition) is 3. The number of hydrogen-bond donors (Lipinski definition) is 1. The largest absolute Gasteiger partial charge is 0.321 e. The molecule has 0 unspecified atom stereocenters. The number of fused-ring (bicyclic) bond motifs is 2. The summed E-state index contributed by atoms with van der Waals surface area (Å²) in [5.74, 6) is -0.833. The molecule has 0 fully saturated rings. The number of nitrogens with one attached hydrogen (secondary N) is 1. The fourth-order valence-corrected chi connectivity index (χ4v) is 3.97. The van der Waals surface area contributed by atoms with Crippen LogP contribution in [0.5, 0.6) is 0 Å². The molecule has 4 aromatic carbocycles. The van der Waals surface area contributed by atoms with Gasteiger partial charge in [-0.2, -0.15) is 0 Å². The molecule has 1 aliphatic rings. The van der Waals surface area contributed by atoms with Crippen LogP contribution < -0.4 is 5.32 Å². The number of ketones is 2. The molecule has 0 saturated heterocycles. The average Bonchev–Trinajstić information content (AvgIpc) is 2.83. The molecule has 0 aliphatic heterocycles. The van der Waals surface area contributed by atoms with E-state index in [0.717, 1.165) is 5.56 Å². The number of anilines is 1. The third kappa shape index (κ3) is 3.15.